The Balaban J connectivity index is 2.24. The average molecular weight is 417 g/mol. The molecule has 1 aliphatic rings. The van der Waals surface area contributed by atoms with Gasteiger partial charge in [-0.25, -0.2) is 0 Å². The van der Waals surface area contributed by atoms with E-state index in [0.29, 0.717) is 11.1 Å². The second-order valence-corrected chi connectivity index (χ2v) is 8.16. The zero-order valence-electron chi connectivity index (χ0n) is 18.7. The molecule has 0 spiro atoms. The fraction of sp³-hybridized carbons (Fsp3) is 0.640. The van der Waals surface area contributed by atoms with Crippen LogP contribution in [0.15, 0.2) is 24.3 Å². The molecule has 1 saturated carbocycles. The minimum absolute atomic E-state index is 0.124. The van der Waals surface area contributed by atoms with Gasteiger partial charge < -0.3 is 9.47 Å². The number of rotatable bonds is 14. The Hall–Kier alpha value is -2.17. The predicted octanol–water partition coefficient (Wildman–Crippen LogP) is 5.39. The predicted molar refractivity (Wildman–Crippen MR) is 116 cm³/mol. The number of esters is 2. The van der Waals surface area contributed by atoms with Crippen LogP contribution in [-0.4, -0.2) is 30.9 Å². The Bertz CT molecular complexity index is 679. The molecular weight excluding hydrogens is 380 g/mol. The Labute approximate surface area is 180 Å². The molecule has 1 aromatic carbocycles. The molecule has 2 rings (SSSR count). The third-order valence-corrected chi connectivity index (χ3v) is 5.80. The molecule has 0 aromatic heterocycles. The number of carbonyl (C=O) groups is 3. The number of hydrogen-bond acceptors (Lipinski definition) is 5. The summed E-state index contributed by atoms with van der Waals surface area (Å²) in [4.78, 5) is 38.6. The third-order valence-electron chi connectivity index (χ3n) is 5.80. The molecule has 0 heterocycles. The van der Waals surface area contributed by atoms with Gasteiger partial charge in [-0.15, -0.1) is 0 Å². The van der Waals surface area contributed by atoms with Crippen LogP contribution in [0.25, 0.3) is 0 Å². The SMILES string of the molecule is CCCCCOC(=O)C(CC)(C(=O)OCCCCC)c1ccc(C(=O)C2CC2)cc1. The zero-order chi connectivity index (χ0) is 22.0. The van der Waals surface area contributed by atoms with E-state index >= 15 is 0 Å². The van der Waals surface area contributed by atoms with Crippen LogP contribution in [0.1, 0.15) is 94.5 Å². The Morgan fingerprint density at radius 2 is 1.33 bits per heavy atom. The normalized spacial score (nSPS) is 13.7. The minimum atomic E-state index is -1.50. The highest BCUT2D eigenvalue weighted by Crippen LogP contribution is 2.35. The zero-order valence-corrected chi connectivity index (χ0v) is 18.7. The first kappa shape index (κ1) is 24.1. The molecule has 0 atom stereocenters. The number of ketones is 1. The van der Waals surface area contributed by atoms with Gasteiger partial charge in [0.2, 0.25) is 0 Å². The van der Waals surface area contributed by atoms with Crippen molar-refractivity contribution in [1.82, 2.24) is 0 Å². The minimum Gasteiger partial charge on any atom is -0.465 e. The summed E-state index contributed by atoms with van der Waals surface area (Å²) in [5.74, 6) is -0.877. The summed E-state index contributed by atoms with van der Waals surface area (Å²) >= 11 is 0. The topological polar surface area (TPSA) is 69.7 Å². The molecule has 0 saturated heterocycles. The first-order valence-electron chi connectivity index (χ1n) is 11.5. The number of Topliss-reactive ketones (excluding diaryl/α,β-unsaturated/α-hetero) is 1. The molecule has 1 aromatic rings. The van der Waals surface area contributed by atoms with Crippen molar-refractivity contribution in [3.05, 3.63) is 35.4 Å². The van der Waals surface area contributed by atoms with E-state index in [9.17, 15) is 14.4 Å². The Morgan fingerprint density at radius 1 is 0.833 bits per heavy atom. The van der Waals surface area contributed by atoms with E-state index in [2.05, 4.69) is 13.8 Å². The molecule has 0 unspecified atom stereocenters. The van der Waals surface area contributed by atoms with Gasteiger partial charge >= 0.3 is 11.9 Å². The highest BCUT2D eigenvalue weighted by atomic mass is 16.6. The van der Waals surface area contributed by atoms with Gasteiger partial charge in [0.25, 0.3) is 0 Å². The highest BCUT2D eigenvalue weighted by Gasteiger charge is 2.49. The van der Waals surface area contributed by atoms with Crippen molar-refractivity contribution in [2.24, 2.45) is 5.92 Å². The molecule has 1 aliphatic carbocycles. The number of benzene rings is 1. The quantitative estimate of drug-likeness (QED) is 0.176. The van der Waals surface area contributed by atoms with E-state index in [4.69, 9.17) is 9.47 Å². The summed E-state index contributed by atoms with van der Waals surface area (Å²) in [5.41, 5.74) is -0.350. The smallest absolute Gasteiger partial charge is 0.328 e. The monoisotopic (exact) mass is 416 g/mol. The van der Waals surface area contributed by atoms with E-state index in [-0.39, 0.29) is 31.3 Å². The summed E-state index contributed by atoms with van der Waals surface area (Å²) in [6.45, 7) is 6.53. The average Bonchev–Trinajstić information content (AvgIpc) is 3.60. The first-order chi connectivity index (χ1) is 14.5. The molecular formula is C25H36O5. The molecule has 0 N–H and O–H groups in total. The first-order valence-corrected chi connectivity index (χ1v) is 11.5. The van der Waals surface area contributed by atoms with Crippen LogP contribution in [-0.2, 0) is 24.5 Å². The summed E-state index contributed by atoms with van der Waals surface area (Å²) in [6, 6.07) is 6.85. The Morgan fingerprint density at radius 3 is 1.73 bits per heavy atom. The summed E-state index contributed by atoms with van der Waals surface area (Å²) in [7, 11) is 0. The molecule has 30 heavy (non-hydrogen) atoms. The number of unbranched alkanes of at least 4 members (excludes halogenated alkanes) is 4. The van der Waals surface area contributed by atoms with E-state index < -0.39 is 17.4 Å². The van der Waals surface area contributed by atoms with Crippen molar-refractivity contribution >= 4 is 17.7 Å². The van der Waals surface area contributed by atoms with Crippen LogP contribution in [0.5, 0.6) is 0 Å². The van der Waals surface area contributed by atoms with Gasteiger partial charge in [-0.2, -0.15) is 0 Å². The Kier molecular flexibility index (Phi) is 9.54. The lowest BCUT2D eigenvalue weighted by Crippen LogP contribution is -2.46. The number of hydrogen-bond donors (Lipinski definition) is 0. The lowest BCUT2D eigenvalue weighted by molar-refractivity contribution is -0.166. The third kappa shape index (κ3) is 5.93. The van der Waals surface area contributed by atoms with Crippen LogP contribution in [0.3, 0.4) is 0 Å². The van der Waals surface area contributed by atoms with Crippen LogP contribution in [0, 0.1) is 5.92 Å². The molecule has 5 heteroatoms. The maximum absolute atomic E-state index is 13.1. The van der Waals surface area contributed by atoms with Crippen LogP contribution < -0.4 is 0 Å². The van der Waals surface area contributed by atoms with Gasteiger partial charge in [-0.1, -0.05) is 70.7 Å². The molecule has 166 valence electrons. The molecule has 0 radical (unpaired) electrons. The summed E-state index contributed by atoms with van der Waals surface area (Å²) in [6.07, 6.45) is 7.62. The highest BCUT2D eigenvalue weighted by molar-refractivity contribution is 6.06. The maximum Gasteiger partial charge on any atom is 0.328 e. The van der Waals surface area contributed by atoms with Crippen LogP contribution >= 0.6 is 0 Å². The largest absolute Gasteiger partial charge is 0.465 e. The lowest BCUT2D eigenvalue weighted by atomic mass is 9.77. The van der Waals surface area contributed by atoms with Crippen molar-refractivity contribution in [2.45, 2.75) is 84.0 Å². The molecule has 1 fully saturated rings. The fourth-order valence-corrected chi connectivity index (χ4v) is 3.59. The van der Waals surface area contributed by atoms with E-state index in [0.717, 1.165) is 51.4 Å². The van der Waals surface area contributed by atoms with Crippen molar-refractivity contribution in [3.63, 3.8) is 0 Å². The fourth-order valence-electron chi connectivity index (χ4n) is 3.59. The summed E-state index contributed by atoms with van der Waals surface area (Å²) < 4.78 is 11.0. The van der Waals surface area contributed by atoms with E-state index in [1.54, 1.807) is 31.2 Å². The summed E-state index contributed by atoms with van der Waals surface area (Å²) in [5, 5.41) is 0. The van der Waals surface area contributed by atoms with Gasteiger partial charge in [0.15, 0.2) is 11.2 Å². The second-order valence-electron chi connectivity index (χ2n) is 8.16. The standard InChI is InChI=1S/C25H36O5/c1-4-7-9-17-29-23(27)25(6-3,24(28)30-18-10-8-5-2)21-15-13-20(14-16-21)22(26)19-11-12-19/h13-16,19H,4-12,17-18H2,1-3H3. The lowest BCUT2D eigenvalue weighted by Gasteiger charge is -2.29. The molecule has 0 amide bonds. The molecule has 0 bridgehead atoms. The number of ether oxygens (including phenoxy) is 2. The van der Waals surface area contributed by atoms with E-state index in [1.165, 1.54) is 0 Å². The van der Waals surface area contributed by atoms with Gasteiger partial charge in [0, 0.05) is 11.5 Å². The van der Waals surface area contributed by atoms with Crippen LogP contribution in [0.4, 0.5) is 0 Å². The second kappa shape index (κ2) is 11.9. The van der Waals surface area contributed by atoms with Gasteiger partial charge in [-0.05, 0) is 37.7 Å². The van der Waals surface area contributed by atoms with Gasteiger partial charge in [0.05, 0.1) is 13.2 Å². The molecule has 5 nitrogen and oxygen atoms in total. The van der Waals surface area contributed by atoms with E-state index in [1.807, 2.05) is 0 Å². The maximum atomic E-state index is 13.1. The van der Waals surface area contributed by atoms with Gasteiger partial charge in [0.1, 0.15) is 0 Å². The van der Waals surface area contributed by atoms with Crippen LogP contribution in [0.2, 0.25) is 0 Å². The van der Waals surface area contributed by atoms with Gasteiger partial charge in [-0.3, -0.25) is 14.4 Å². The van der Waals surface area contributed by atoms with Crippen molar-refractivity contribution in [3.8, 4) is 0 Å². The number of carbonyl (C=O) groups excluding carboxylic acids is 3. The van der Waals surface area contributed by atoms with Crippen molar-refractivity contribution < 1.29 is 23.9 Å². The van der Waals surface area contributed by atoms with Crippen molar-refractivity contribution in [1.29, 1.82) is 0 Å². The molecule has 0 aliphatic heterocycles. The van der Waals surface area contributed by atoms with Crippen molar-refractivity contribution in [2.75, 3.05) is 13.2 Å².